The highest BCUT2D eigenvalue weighted by Gasteiger charge is 2.18. The lowest BCUT2D eigenvalue weighted by Gasteiger charge is -2.12. The Labute approximate surface area is 190 Å². The number of primary amides is 2. The van der Waals surface area contributed by atoms with Crippen LogP contribution in [0, 0.1) is 0 Å². The summed E-state index contributed by atoms with van der Waals surface area (Å²) in [5.41, 5.74) is 11.0. The molecule has 0 aliphatic carbocycles. The van der Waals surface area contributed by atoms with E-state index in [1.165, 1.54) is 25.7 Å². The molecule has 0 saturated carbocycles. The Morgan fingerprint density at radius 2 is 1.00 bits per heavy atom. The summed E-state index contributed by atoms with van der Waals surface area (Å²) in [7, 11) is 11.2. The fraction of sp³-hybridized carbons (Fsp3) is 0.875. The first-order valence-electron chi connectivity index (χ1n) is 9.27. The van der Waals surface area contributed by atoms with Crippen LogP contribution in [0.3, 0.4) is 0 Å². The SMILES string of the molecule is CCCCCCC(SSSSSSSC(CCCCCC)C(N)=O)C(N)=O. The highest BCUT2D eigenvalue weighted by Crippen LogP contribution is 2.56. The van der Waals surface area contributed by atoms with Crippen LogP contribution < -0.4 is 11.5 Å². The number of nitrogens with two attached hydrogens (primary N) is 2. The smallest absolute Gasteiger partial charge is 0.231 e. The van der Waals surface area contributed by atoms with Crippen molar-refractivity contribution in [2.45, 2.75) is 88.6 Å². The minimum atomic E-state index is -0.223. The summed E-state index contributed by atoms with van der Waals surface area (Å²) in [6, 6.07) is 0. The van der Waals surface area contributed by atoms with Gasteiger partial charge in [-0.15, -0.1) is 0 Å². The second kappa shape index (κ2) is 20.7. The Kier molecular flexibility index (Phi) is 21.7. The van der Waals surface area contributed by atoms with Crippen molar-refractivity contribution in [1.82, 2.24) is 0 Å². The van der Waals surface area contributed by atoms with Crippen LogP contribution in [0.2, 0.25) is 0 Å². The fourth-order valence-corrected chi connectivity index (χ4v) is 17.3. The number of hydrogen-bond acceptors (Lipinski definition) is 9. The van der Waals surface area contributed by atoms with Gasteiger partial charge in [0.15, 0.2) is 0 Å². The normalized spacial score (nSPS) is 13.4. The van der Waals surface area contributed by atoms with Gasteiger partial charge in [-0.25, -0.2) is 0 Å². The van der Waals surface area contributed by atoms with Crippen LogP contribution >= 0.6 is 70.7 Å². The topological polar surface area (TPSA) is 86.2 Å². The standard InChI is InChI=1S/C16H32N2O2S7/c1-3-5-7-9-11-13(15(17)19)21-23-25-27-26-24-22-14(16(18)20)12-10-8-6-4-2/h13-14H,3-12H2,1-2H3,(H2,17,19)(H2,18,20). The Balaban J connectivity index is 3.76. The van der Waals surface area contributed by atoms with E-state index in [4.69, 9.17) is 11.5 Å². The molecule has 11 heteroatoms. The van der Waals surface area contributed by atoms with Crippen LogP contribution in [-0.2, 0) is 9.59 Å². The van der Waals surface area contributed by atoms with E-state index in [1.807, 2.05) is 0 Å². The molecule has 0 aromatic heterocycles. The summed E-state index contributed by atoms with van der Waals surface area (Å²) in [5.74, 6) is -0.445. The average molecular weight is 509 g/mol. The van der Waals surface area contributed by atoms with Gasteiger partial charge in [0.25, 0.3) is 0 Å². The number of rotatable bonds is 20. The minimum absolute atomic E-state index is 0.116. The van der Waals surface area contributed by atoms with Gasteiger partial charge >= 0.3 is 0 Å². The van der Waals surface area contributed by atoms with E-state index in [9.17, 15) is 9.59 Å². The summed E-state index contributed by atoms with van der Waals surface area (Å²) in [5, 5.41) is -0.233. The fourth-order valence-electron chi connectivity index (χ4n) is 2.15. The third-order valence-electron chi connectivity index (χ3n) is 3.70. The van der Waals surface area contributed by atoms with Gasteiger partial charge in [-0.2, -0.15) is 0 Å². The predicted molar refractivity (Wildman–Crippen MR) is 137 cm³/mol. The summed E-state index contributed by atoms with van der Waals surface area (Å²) >= 11 is 0. The third kappa shape index (κ3) is 17.9. The lowest BCUT2D eigenvalue weighted by molar-refractivity contribution is -0.118. The highest BCUT2D eigenvalue weighted by atomic mass is 33.9. The first-order valence-corrected chi connectivity index (χ1v) is 18.2. The van der Waals surface area contributed by atoms with Crippen molar-refractivity contribution in [1.29, 1.82) is 0 Å². The van der Waals surface area contributed by atoms with E-state index >= 15 is 0 Å². The number of amides is 2. The number of hydrogen-bond donors (Lipinski definition) is 2. The summed E-state index contributed by atoms with van der Waals surface area (Å²) < 4.78 is 0. The first-order chi connectivity index (χ1) is 13.0. The molecule has 0 saturated heterocycles. The maximum Gasteiger partial charge on any atom is 0.231 e. The molecular weight excluding hydrogens is 477 g/mol. The molecule has 0 fully saturated rings. The minimum Gasteiger partial charge on any atom is -0.369 e. The van der Waals surface area contributed by atoms with Gasteiger partial charge in [0.2, 0.25) is 11.8 Å². The first kappa shape index (κ1) is 28.4. The van der Waals surface area contributed by atoms with E-state index < -0.39 is 0 Å². The summed E-state index contributed by atoms with van der Waals surface area (Å²) in [6.07, 6.45) is 11.0. The molecule has 27 heavy (non-hydrogen) atoms. The number of carbonyl (C=O) groups is 2. The van der Waals surface area contributed by atoms with Crippen LogP contribution in [0.1, 0.15) is 78.1 Å². The van der Waals surface area contributed by atoms with E-state index in [0.29, 0.717) is 0 Å². The van der Waals surface area contributed by atoms with Gasteiger partial charge in [0.05, 0.1) is 10.5 Å². The van der Waals surface area contributed by atoms with Crippen LogP contribution in [-0.4, -0.2) is 22.3 Å². The van der Waals surface area contributed by atoms with Crippen molar-refractivity contribution >= 4 is 82.5 Å². The maximum atomic E-state index is 11.5. The third-order valence-corrected chi connectivity index (χ3v) is 17.4. The second-order valence-electron chi connectivity index (χ2n) is 6.01. The zero-order valence-corrected chi connectivity index (χ0v) is 21.8. The van der Waals surface area contributed by atoms with Crippen molar-refractivity contribution in [3.63, 3.8) is 0 Å². The van der Waals surface area contributed by atoms with Gasteiger partial charge in [-0.3, -0.25) is 9.59 Å². The van der Waals surface area contributed by atoms with Crippen LogP contribution in [0.15, 0.2) is 0 Å². The molecule has 0 radical (unpaired) electrons. The van der Waals surface area contributed by atoms with Gasteiger partial charge < -0.3 is 11.5 Å². The molecule has 0 spiro atoms. The van der Waals surface area contributed by atoms with Gasteiger partial charge in [-0.1, -0.05) is 86.8 Å². The van der Waals surface area contributed by atoms with E-state index in [2.05, 4.69) is 13.8 Å². The molecule has 4 N–H and O–H groups in total. The molecule has 2 atom stereocenters. The molecule has 0 heterocycles. The Morgan fingerprint density at radius 1 is 0.630 bits per heavy atom. The zero-order chi connectivity index (χ0) is 20.3. The zero-order valence-electron chi connectivity index (χ0n) is 16.1. The Bertz CT molecular complexity index is 358. The number of carbonyl (C=O) groups excluding carboxylic acids is 2. The predicted octanol–water partition coefficient (Wildman–Crippen LogP) is 7.26. The molecule has 0 aliphatic rings. The molecule has 2 unspecified atom stereocenters. The highest BCUT2D eigenvalue weighted by molar-refractivity contribution is 9.46. The van der Waals surface area contributed by atoms with E-state index in [0.717, 1.165) is 38.5 Å². The van der Waals surface area contributed by atoms with Crippen molar-refractivity contribution in [2.75, 3.05) is 0 Å². The van der Waals surface area contributed by atoms with Gasteiger partial charge in [0.1, 0.15) is 0 Å². The molecule has 160 valence electrons. The van der Waals surface area contributed by atoms with Crippen LogP contribution in [0.4, 0.5) is 0 Å². The molecule has 0 aromatic rings. The molecule has 0 rings (SSSR count). The molecule has 4 nitrogen and oxygen atoms in total. The molecule has 0 bridgehead atoms. The lowest BCUT2D eigenvalue weighted by atomic mass is 10.1. The van der Waals surface area contributed by atoms with Crippen molar-refractivity contribution in [3.05, 3.63) is 0 Å². The lowest BCUT2D eigenvalue weighted by Crippen LogP contribution is -2.24. The van der Waals surface area contributed by atoms with Gasteiger partial charge in [0, 0.05) is 0 Å². The van der Waals surface area contributed by atoms with Crippen LogP contribution in [0.5, 0.6) is 0 Å². The molecule has 2 amide bonds. The quantitative estimate of drug-likeness (QED) is 0.130. The van der Waals surface area contributed by atoms with E-state index in [-0.39, 0.29) is 22.3 Å². The summed E-state index contributed by atoms with van der Waals surface area (Å²) in [4.78, 5) is 23.0. The van der Waals surface area contributed by atoms with Crippen molar-refractivity contribution in [2.24, 2.45) is 11.5 Å². The van der Waals surface area contributed by atoms with Crippen molar-refractivity contribution < 1.29 is 9.59 Å². The van der Waals surface area contributed by atoms with E-state index in [1.54, 1.807) is 70.7 Å². The van der Waals surface area contributed by atoms with Crippen LogP contribution in [0.25, 0.3) is 0 Å². The Hall–Kier alpha value is 1.39. The maximum absolute atomic E-state index is 11.5. The Morgan fingerprint density at radius 3 is 1.33 bits per heavy atom. The summed E-state index contributed by atoms with van der Waals surface area (Å²) in [6.45, 7) is 4.35. The van der Waals surface area contributed by atoms with Crippen molar-refractivity contribution in [3.8, 4) is 0 Å². The average Bonchev–Trinajstić information content (AvgIpc) is 2.63. The molecule has 0 aliphatic heterocycles. The molecule has 0 aromatic carbocycles. The number of unbranched alkanes of at least 4 members (excludes halogenated alkanes) is 6. The van der Waals surface area contributed by atoms with Gasteiger partial charge in [-0.05, 0) is 62.0 Å². The second-order valence-corrected chi connectivity index (χ2v) is 17.5. The molecular formula is C16H32N2O2S7. The largest absolute Gasteiger partial charge is 0.369 e. The monoisotopic (exact) mass is 508 g/mol.